The molecule has 0 aromatic rings. The third kappa shape index (κ3) is 2.75. The van der Waals surface area contributed by atoms with Gasteiger partial charge in [0.25, 0.3) is 0 Å². The topological polar surface area (TPSA) is 29.5 Å². The molecule has 0 unspecified atom stereocenters. The number of amides is 1. The van der Waals surface area contributed by atoms with Gasteiger partial charge in [0.1, 0.15) is 5.60 Å². The van der Waals surface area contributed by atoms with Crippen LogP contribution in [-0.4, -0.2) is 28.7 Å². The molecule has 98 valence electrons. The average Bonchev–Trinajstić information content (AvgIpc) is 2.60. The molecule has 0 N–H and O–H groups in total. The molecule has 1 aliphatic carbocycles. The van der Waals surface area contributed by atoms with E-state index < -0.39 is 0 Å². The van der Waals surface area contributed by atoms with Crippen LogP contribution in [0.3, 0.4) is 0 Å². The van der Waals surface area contributed by atoms with Gasteiger partial charge in [0, 0.05) is 12.1 Å². The Morgan fingerprint density at radius 1 is 1.06 bits per heavy atom. The molecule has 17 heavy (non-hydrogen) atoms. The molecule has 2 rings (SSSR count). The molecule has 3 nitrogen and oxygen atoms in total. The molecule has 0 bridgehead atoms. The average molecular weight is 239 g/mol. The largest absolute Gasteiger partial charge is 0.444 e. The van der Waals surface area contributed by atoms with E-state index in [4.69, 9.17) is 4.74 Å². The molecule has 0 aromatic carbocycles. The molecule has 3 heteroatoms. The van der Waals surface area contributed by atoms with E-state index in [-0.39, 0.29) is 17.2 Å². The molecule has 1 saturated heterocycles. The lowest BCUT2D eigenvalue weighted by Gasteiger charge is -2.41. The molecule has 0 atom stereocenters. The van der Waals surface area contributed by atoms with Crippen molar-refractivity contribution in [2.45, 2.75) is 76.9 Å². The summed E-state index contributed by atoms with van der Waals surface area (Å²) in [4.78, 5) is 14.3. The Kier molecular flexibility index (Phi) is 3.37. The molecule has 2 aliphatic rings. The van der Waals surface area contributed by atoms with Crippen LogP contribution in [0.15, 0.2) is 0 Å². The highest BCUT2D eigenvalue weighted by Crippen LogP contribution is 2.42. The third-order valence-corrected chi connectivity index (χ3v) is 3.99. The van der Waals surface area contributed by atoms with Gasteiger partial charge in [0.2, 0.25) is 0 Å². The van der Waals surface area contributed by atoms with Crippen LogP contribution in [0.25, 0.3) is 0 Å². The second kappa shape index (κ2) is 4.51. The minimum absolute atomic E-state index is 0.100. The lowest BCUT2D eigenvalue weighted by molar-refractivity contribution is 0.000567. The van der Waals surface area contributed by atoms with Gasteiger partial charge in [-0.3, -0.25) is 0 Å². The van der Waals surface area contributed by atoms with Crippen LogP contribution in [0.2, 0.25) is 0 Å². The smallest absolute Gasteiger partial charge is 0.410 e. The molecule has 0 radical (unpaired) electrons. The number of hydrogen-bond donors (Lipinski definition) is 0. The second-order valence-corrected chi connectivity index (χ2v) is 6.52. The molecule has 1 aliphatic heterocycles. The maximum atomic E-state index is 12.2. The van der Waals surface area contributed by atoms with E-state index in [2.05, 4.69) is 0 Å². The first-order chi connectivity index (χ1) is 7.93. The first-order valence-electron chi connectivity index (χ1n) is 6.94. The van der Waals surface area contributed by atoms with Gasteiger partial charge in [-0.1, -0.05) is 19.3 Å². The van der Waals surface area contributed by atoms with Gasteiger partial charge >= 0.3 is 6.09 Å². The fourth-order valence-electron chi connectivity index (χ4n) is 3.27. The summed E-state index contributed by atoms with van der Waals surface area (Å²) in [5.41, 5.74) is -0.240. The second-order valence-electron chi connectivity index (χ2n) is 6.52. The Hall–Kier alpha value is -0.730. The van der Waals surface area contributed by atoms with Gasteiger partial charge < -0.3 is 9.64 Å². The van der Waals surface area contributed by atoms with Crippen molar-refractivity contribution in [2.75, 3.05) is 6.54 Å². The molecule has 1 saturated carbocycles. The van der Waals surface area contributed by atoms with Gasteiger partial charge in [-0.2, -0.15) is 0 Å². The maximum absolute atomic E-state index is 12.2. The first-order valence-corrected chi connectivity index (χ1v) is 6.94. The highest BCUT2D eigenvalue weighted by molar-refractivity contribution is 5.69. The van der Waals surface area contributed by atoms with Crippen molar-refractivity contribution < 1.29 is 9.53 Å². The number of nitrogens with zero attached hydrogens (tertiary/aromatic N) is 1. The molecular weight excluding hydrogens is 214 g/mol. The summed E-state index contributed by atoms with van der Waals surface area (Å²) in [6.45, 7) is 6.70. The van der Waals surface area contributed by atoms with Gasteiger partial charge in [-0.25, -0.2) is 4.79 Å². The highest BCUT2D eigenvalue weighted by atomic mass is 16.6. The Labute approximate surface area is 105 Å². The summed E-state index contributed by atoms with van der Waals surface area (Å²) in [5, 5.41) is 0. The number of hydrogen-bond acceptors (Lipinski definition) is 2. The van der Waals surface area contributed by atoms with Crippen LogP contribution in [0, 0.1) is 0 Å². The predicted molar refractivity (Wildman–Crippen MR) is 68.0 cm³/mol. The monoisotopic (exact) mass is 239 g/mol. The first kappa shape index (κ1) is 12.7. The van der Waals surface area contributed by atoms with Crippen molar-refractivity contribution in [1.82, 2.24) is 4.90 Å². The fraction of sp³-hybridized carbons (Fsp3) is 0.929. The van der Waals surface area contributed by atoms with Crippen molar-refractivity contribution in [3.8, 4) is 0 Å². The Morgan fingerprint density at radius 3 is 2.24 bits per heavy atom. The molecular formula is C14H25NO2. The van der Waals surface area contributed by atoms with Crippen LogP contribution in [0.4, 0.5) is 4.79 Å². The Balaban J connectivity index is 2.06. The van der Waals surface area contributed by atoms with Gasteiger partial charge in [0.15, 0.2) is 0 Å². The third-order valence-electron chi connectivity index (χ3n) is 3.99. The molecule has 1 heterocycles. The van der Waals surface area contributed by atoms with E-state index in [1.807, 2.05) is 25.7 Å². The molecule has 0 aromatic heterocycles. The van der Waals surface area contributed by atoms with E-state index in [1.165, 1.54) is 38.5 Å². The fourth-order valence-corrected chi connectivity index (χ4v) is 3.27. The maximum Gasteiger partial charge on any atom is 0.410 e. The minimum Gasteiger partial charge on any atom is -0.444 e. The van der Waals surface area contributed by atoms with E-state index in [1.54, 1.807) is 0 Å². The van der Waals surface area contributed by atoms with Crippen molar-refractivity contribution in [3.63, 3.8) is 0 Å². The van der Waals surface area contributed by atoms with Gasteiger partial charge in [-0.15, -0.1) is 0 Å². The summed E-state index contributed by atoms with van der Waals surface area (Å²) in [6.07, 6.45) is 8.41. The number of carbonyl (C=O) groups excluding carboxylic acids is 1. The summed E-state index contributed by atoms with van der Waals surface area (Å²) < 4.78 is 5.54. The van der Waals surface area contributed by atoms with E-state index in [0.29, 0.717) is 0 Å². The van der Waals surface area contributed by atoms with E-state index in [0.717, 1.165) is 13.0 Å². The molecule has 2 fully saturated rings. The quantitative estimate of drug-likeness (QED) is 0.644. The summed E-state index contributed by atoms with van der Waals surface area (Å²) in [6, 6.07) is 0. The van der Waals surface area contributed by atoms with Crippen LogP contribution < -0.4 is 0 Å². The Morgan fingerprint density at radius 2 is 1.65 bits per heavy atom. The standard InChI is InChI=1S/C14H25NO2/c1-13(2,3)17-12(16)15-11-7-10-14(15)8-5-4-6-9-14/h4-11H2,1-3H3. The lowest BCUT2D eigenvalue weighted by atomic mass is 9.80. The number of likely N-dealkylation sites (tertiary alicyclic amines) is 1. The minimum atomic E-state index is -0.379. The van der Waals surface area contributed by atoms with Crippen LogP contribution in [0.1, 0.15) is 65.7 Å². The Bertz CT molecular complexity index is 287. The van der Waals surface area contributed by atoms with Crippen LogP contribution >= 0.6 is 0 Å². The summed E-state index contributed by atoms with van der Waals surface area (Å²) >= 11 is 0. The van der Waals surface area contributed by atoms with Crippen molar-refractivity contribution in [2.24, 2.45) is 0 Å². The highest BCUT2D eigenvalue weighted by Gasteiger charge is 2.45. The van der Waals surface area contributed by atoms with Crippen molar-refractivity contribution in [3.05, 3.63) is 0 Å². The lowest BCUT2D eigenvalue weighted by Crippen LogP contribution is -2.50. The van der Waals surface area contributed by atoms with E-state index >= 15 is 0 Å². The zero-order valence-electron chi connectivity index (χ0n) is 11.4. The van der Waals surface area contributed by atoms with Crippen LogP contribution in [-0.2, 0) is 4.74 Å². The van der Waals surface area contributed by atoms with Gasteiger partial charge in [0.05, 0.1) is 0 Å². The van der Waals surface area contributed by atoms with Crippen molar-refractivity contribution >= 4 is 6.09 Å². The number of carbonyl (C=O) groups is 1. The summed E-state index contributed by atoms with van der Waals surface area (Å²) in [5.74, 6) is 0. The summed E-state index contributed by atoms with van der Waals surface area (Å²) in [7, 11) is 0. The zero-order valence-corrected chi connectivity index (χ0v) is 11.4. The predicted octanol–water partition coefficient (Wildman–Crippen LogP) is 3.72. The van der Waals surface area contributed by atoms with E-state index in [9.17, 15) is 4.79 Å². The zero-order chi connectivity index (χ0) is 12.5. The normalized spacial score (nSPS) is 24.1. The van der Waals surface area contributed by atoms with Gasteiger partial charge in [-0.05, 0) is 46.5 Å². The number of rotatable bonds is 0. The SMILES string of the molecule is CC(C)(C)OC(=O)N1CCCC12CCCCC2. The molecule has 1 spiro atoms. The number of ether oxygens (including phenoxy) is 1. The molecule has 1 amide bonds. The van der Waals surface area contributed by atoms with Crippen molar-refractivity contribution in [1.29, 1.82) is 0 Å². The van der Waals surface area contributed by atoms with Crippen LogP contribution in [0.5, 0.6) is 0 Å².